The lowest BCUT2D eigenvalue weighted by atomic mass is 9.92. The third-order valence-corrected chi connectivity index (χ3v) is 4.73. The summed E-state index contributed by atoms with van der Waals surface area (Å²) < 4.78 is 13.7. The fourth-order valence-electron chi connectivity index (χ4n) is 3.36. The highest BCUT2D eigenvalue weighted by atomic mass is 35.5. The van der Waals surface area contributed by atoms with Crippen molar-refractivity contribution in [2.75, 3.05) is 16.8 Å². The third kappa shape index (κ3) is 5.19. The molecule has 0 unspecified atom stereocenters. The molecule has 150 valence electrons. The van der Waals surface area contributed by atoms with Gasteiger partial charge in [0.1, 0.15) is 5.82 Å². The molecule has 0 spiro atoms. The Labute approximate surface area is 170 Å². The smallest absolute Gasteiger partial charge is 0.226 e. The molecule has 1 amide bonds. The molecule has 7 heteroatoms. The summed E-state index contributed by atoms with van der Waals surface area (Å²) in [5.74, 6) is 0.896. The van der Waals surface area contributed by atoms with Crippen LogP contribution in [0.3, 0.4) is 0 Å². The number of nitrogens with one attached hydrogen (secondary N) is 1. The van der Waals surface area contributed by atoms with Crippen LogP contribution in [0.2, 0.25) is 5.02 Å². The van der Waals surface area contributed by atoms with Crippen LogP contribution in [0.1, 0.15) is 50.6 Å². The van der Waals surface area contributed by atoms with Gasteiger partial charge in [0.05, 0.1) is 11.4 Å². The quantitative estimate of drug-likeness (QED) is 0.786. The number of benzene rings is 1. The lowest BCUT2D eigenvalue weighted by Crippen LogP contribution is -2.31. The first-order chi connectivity index (χ1) is 13.1. The zero-order valence-electron chi connectivity index (χ0n) is 16.8. The fraction of sp³-hybridized carbons (Fsp3) is 0.476. The van der Waals surface area contributed by atoms with E-state index in [4.69, 9.17) is 16.6 Å². The highest BCUT2D eigenvalue weighted by Gasteiger charge is 2.23. The van der Waals surface area contributed by atoms with E-state index in [1.165, 1.54) is 12.1 Å². The molecule has 1 aromatic heterocycles. The summed E-state index contributed by atoms with van der Waals surface area (Å²) in [7, 11) is 0. The molecular weight excluding hydrogens is 379 g/mol. The number of aryl methyl sites for hydroxylation is 2. The van der Waals surface area contributed by atoms with Gasteiger partial charge in [-0.1, -0.05) is 32.4 Å². The molecule has 0 atom stereocenters. The van der Waals surface area contributed by atoms with Crippen molar-refractivity contribution in [3.63, 3.8) is 0 Å². The summed E-state index contributed by atoms with van der Waals surface area (Å²) in [6.45, 7) is 9.22. The molecular formula is C21H26ClFN4O. The van der Waals surface area contributed by atoms with Gasteiger partial charge < -0.3 is 10.2 Å². The van der Waals surface area contributed by atoms with Crippen LogP contribution in [0.25, 0.3) is 0 Å². The number of anilines is 2. The van der Waals surface area contributed by atoms with Gasteiger partial charge in [-0.05, 0) is 48.9 Å². The van der Waals surface area contributed by atoms with E-state index in [1.54, 1.807) is 6.07 Å². The van der Waals surface area contributed by atoms with E-state index in [2.05, 4.69) is 15.2 Å². The number of hydrogen-bond donors (Lipinski definition) is 1. The van der Waals surface area contributed by atoms with Crippen molar-refractivity contribution in [3.8, 4) is 0 Å². The number of halogens is 2. The summed E-state index contributed by atoms with van der Waals surface area (Å²) in [6.07, 6.45) is 2.13. The van der Waals surface area contributed by atoms with Crippen molar-refractivity contribution in [2.45, 2.75) is 53.5 Å². The largest absolute Gasteiger partial charge is 0.351 e. The fourth-order valence-corrected chi connectivity index (χ4v) is 3.60. The number of aromatic nitrogens is 2. The summed E-state index contributed by atoms with van der Waals surface area (Å²) in [4.78, 5) is 23.7. The molecule has 0 aliphatic carbocycles. The van der Waals surface area contributed by atoms with E-state index in [9.17, 15) is 9.18 Å². The van der Waals surface area contributed by atoms with Crippen LogP contribution >= 0.6 is 11.6 Å². The monoisotopic (exact) mass is 404 g/mol. The maximum Gasteiger partial charge on any atom is 0.226 e. The first-order valence-electron chi connectivity index (χ1n) is 9.48. The molecule has 1 aromatic carbocycles. The van der Waals surface area contributed by atoms with Gasteiger partial charge in [-0.15, -0.1) is 0 Å². The van der Waals surface area contributed by atoms with Crippen LogP contribution in [0.15, 0.2) is 18.2 Å². The van der Waals surface area contributed by atoms with Crippen LogP contribution < -0.4 is 10.2 Å². The Morgan fingerprint density at radius 3 is 2.71 bits per heavy atom. The molecule has 0 fully saturated rings. The molecule has 0 saturated heterocycles. The molecule has 1 aliphatic rings. The van der Waals surface area contributed by atoms with Crippen molar-refractivity contribution >= 4 is 29.1 Å². The van der Waals surface area contributed by atoms with Crippen molar-refractivity contribution in [1.29, 1.82) is 0 Å². The summed E-state index contributed by atoms with van der Waals surface area (Å²) in [5, 5.41) is 3.28. The zero-order valence-corrected chi connectivity index (χ0v) is 17.5. The molecule has 28 heavy (non-hydrogen) atoms. The maximum absolute atomic E-state index is 13.7. The van der Waals surface area contributed by atoms with E-state index in [-0.39, 0.29) is 17.1 Å². The van der Waals surface area contributed by atoms with Crippen LogP contribution in [0.4, 0.5) is 16.0 Å². The minimum absolute atomic E-state index is 0.0630. The Morgan fingerprint density at radius 2 is 2.04 bits per heavy atom. The SMILES string of the molecule is Cc1nc2c(nc1NC(=O)CC(C)(C)C)CCCN2Cc1cc(F)cc(Cl)c1. The Balaban J connectivity index is 1.82. The number of carbonyl (C=O) groups is 1. The Hall–Kier alpha value is -2.21. The third-order valence-electron chi connectivity index (χ3n) is 4.51. The summed E-state index contributed by atoms with van der Waals surface area (Å²) in [5.41, 5.74) is 2.22. The lowest BCUT2D eigenvalue weighted by Gasteiger charge is -2.30. The molecule has 2 heterocycles. The van der Waals surface area contributed by atoms with Crippen LogP contribution in [-0.4, -0.2) is 22.4 Å². The van der Waals surface area contributed by atoms with Gasteiger partial charge in [-0.25, -0.2) is 14.4 Å². The predicted molar refractivity (Wildman–Crippen MR) is 110 cm³/mol. The van der Waals surface area contributed by atoms with Gasteiger partial charge in [-0.3, -0.25) is 4.79 Å². The molecule has 5 nitrogen and oxygen atoms in total. The van der Waals surface area contributed by atoms with Gasteiger partial charge >= 0.3 is 0 Å². The molecule has 0 saturated carbocycles. The van der Waals surface area contributed by atoms with Crippen molar-refractivity contribution in [1.82, 2.24) is 9.97 Å². The molecule has 2 aromatic rings. The van der Waals surface area contributed by atoms with Gasteiger partial charge in [0.15, 0.2) is 11.6 Å². The van der Waals surface area contributed by atoms with Gasteiger partial charge in [0.2, 0.25) is 5.91 Å². The van der Waals surface area contributed by atoms with Crippen LogP contribution in [-0.2, 0) is 17.8 Å². The molecule has 1 N–H and O–H groups in total. The van der Waals surface area contributed by atoms with E-state index in [1.807, 2.05) is 27.7 Å². The molecule has 3 rings (SSSR count). The Bertz CT molecular complexity index is 874. The van der Waals surface area contributed by atoms with E-state index < -0.39 is 0 Å². The van der Waals surface area contributed by atoms with Crippen LogP contribution in [0, 0.1) is 18.2 Å². The van der Waals surface area contributed by atoms with E-state index >= 15 is 0 Å². The first-order valence-corrected chi connectivity index (χ1v) is 9.86. The van der Waals surface area contributed by atoms with Crippen molar-refractivity contribution in [3.05, 3.63) is 46.0 Å². The first kappa shape index (κ1) is 20.5. The van der Waals surface area contributed by atoms with Crippen LogP contribution in [0.5, 0.6) is 0 Å². The maximum atomic E-state index is 13.7. The van der Waals surface area contributed by atoms with Crippen molar-refractivity contribution < 1.29 is 9.18 Å². The highest BCUT2D eigenvalue weighted by molar-refractivity contribution is 6.30. The molecule has 1 aliphatic heterocycles. The predicted octanol–water partition coefficient (Wildman–Crippen LogP) is 4.91. The number of fused-ring (bicyclic) bond motifs is 1. The average molecular weight is 405 g/mol. The van der Waals surface area contributed by atoms with Gasteiger partial charge in [-0.2, -0.15) is 0 Å². The number of carbonyl (C=O) groups excluding carboxylic acids is 1. The normalized spacial score (nSPS) is 14.0. The van der Waals surface area contributed by atoms with Gasteiger partial charge in [0.25, 0.3) is 0 Å². The van der Waals surface area contributed by atoms with Gasteiger partial charge in [0, 0.05) is 24.5 Å². The number of amides is 1. The zero-order chi connectivity index (χ0) is 20.5. The average Bonchev–Trinajstić information content (AvgIpc) is 2.53. The number of nitrogens with zero attached hydrogens (tertiary/aromatic N) is 3. The minimum Gasteiger partial charge on any atom is -0.351 e. The number of hydrogen-bond acceptors (Lipinski definition) is 4. The minimum atomic E-state index is -0.348. The summed E-state index contributed by atoms with van der Waals surface area (Å²) >= 11 is 5.98. The molecule has 0 radical (unpaired) electrons. The molecule has 0 bridgehead atoms. The topological polar surface area (TPSA) is 58.1 Å². The number of rotatable bonds is 4. The Morgan fingerprint density at radius 1 is 1.29 bits per heavy atom. The second-order valence-electron chi connectivity index (χ2n) is 8.52. The second kappa shape index (κ2) is 8.03. The van der Waals surface area contributed by atoms with Crippen molar-refractivity contribution in [2.24, 2.45) is 5.41 Å². The lowest BCUT2D eigenvalue weighted by molar-refractivity contribution is -0.117. The second-order valence-corrected chi connectivity index (χ2v) is 8.95. The van der Waals surface area contributed by atoms with E-state index in [0.29, 0.717) is 29.5 Å². The highest BCUT2D eigenvalue weighted by Crippen LogP contribution is 2.29. The standard InChI is InChI=1S/C21H26ClFN4O/c1-13-19(26-18(28)11-21(2,3)4)25-17-6-5-7-27(20(17)24-13)12-14-8-15(22)10-16(23)9-14/h8-10H,5-7,11-12H2,1-4H3,(H,25,26,28). The summed E-state index contributed by atoms with van der Waals surface area (Å²) in [6, 6.07) is 4.55. The van der Waals surface area contributed by atoms with E-state index in [0.717, 1.165) is 36.5 Å². The Kier molecular flexibility index (Phi) is 5.89.